The van der Waals surface area contributed by atoms with E-state index >= 15 is 0 Å². The molecule has 8 heteroatoms. The molecule has 2 heterocycles. The Labute approximate surface area is 109 Å². The van der Waals surface area contributed by atoms with Crippen LogP contribution in [0, 0.1) is 13.8 Å². The van der Waals surface area contributed by atoms with Crippen molar-refractivity contribution in [2.24, 2.45) is 0 Å². The lowest BCUT2D eigenvalue weighted by Crippen LogP contribution is -2.14. The third-order valence-electron chi connectivity index (χ3n) is 2.39. The second-order valence-electron chi connectivity index (χ2n) is 3.72. The Morgan fingerprint density at radius 3 is 2.67 bits per heavy atom. The van der Waals surface area contributed by atoms with Gasteiger partial charge < -0.3 is 0 Å². The zero-order valence-electron chi connectivity index (χ0n) is 9.73. The highest BCUT2D eigenvalue weighted by atomic mass is 35.5. The van der Waals surface area contributed by atoms with Gasteiger partial charge in [0.2, 0.25) is 0 Å². The molecule has 2 N–H and O–H groups in total. The summed E-state index contributed by atoms with van der Waals surface area (Å²) in [5.41, 5.74) is 1.63. The Hall–Kier alpha value is -1.60. The Kier molecular flexibility index (Phi) is 3.27. The summed E-state index contributed by atoms with van der Waals surface area (Å²) in [6.45, 7) is 3.43. The van der Waals surface area contributed by atoms with Crippen molar-refractivity contribution >= 4 is 27.3 Å². The first kappa shape index (κ1) is 12.8. The van der Waals surface area contributed by atoms with Crippen LogP contribution in [-0.4, -0.2) is 23.6 Å². The number of halogens is 1. The van der Waals surface area contributed by atoms with E-state index < -0.39 is 10.0 Å². The molecule has 0 aliphatic rings. The van der Waals surface area contributed by atoms with Crippen LogP contribution < -0.4 is 4.72 Å². The maximum absolute atomic E-state index is 12.1. The molecule has 2 aromatic heterocycles. The predicted molar refractivity (Wildman–Crippen MR) is 68.1 cm³/mol. The minimum atomic E-state index is -3.76. The van der Waals surface area contributed by atoms with Crippen LogP contribution in [0.5, 0.6) is 0 Å². The molecule has 0 atom stereocenters. The molecule has 0 saturated carbocycles. The van der Waals surface area contributed by atoms with Crippen LogP contribution in [-0.2, 0) is 10.0 Å². The first-order valence-electron chi connectivity index (χ1n) is 5.05. The molecular weight excluding hydrogens is 276 g/mol. The number of rotatable bonds is 3. The number of pyridine rings is 1. The Bertz CT molecular complexity index is 661. The van der Waals surface area contributed by atoms with E-state index in [0.717, 1.165) is 0 Å². The van der Waals surface area contributed by atoms with Gasteiger partial charge in [-0.05, 0) is 19.9 Å². The van der Waals surface area contributed by atoms with Gasteiger partial charge in [0.15, 0.2) is 0 Å². The molecule has 0 amide bonds. The van der Waals surface area contributed by atoms with Gasteiger partial charge in [-0.25, -0.2) is 8.42 Å². The van der Waals surface area contributed by atoms with E-state index in [2.05, 4.69) is 19.9 Å². The quantitative estimate of drug-likeness (QED) is 0.902. The van der Waals surface area contributed by atoms with Crippen molar-refractivity contribution in [1.29, 1.82) is 0 Å². The van der Waals surface area contributed by atoms with Crippen molar-refractivity contribution in [3.8, 4) is 0 Å². The van der Waals surface area contributed by atoms with E-state index in [1.54, 1.807) is 13.8 Å². The molecule has 0 fully saturated rings. The molecule has 0 aliphatic carbocycles. The average molecular weight is 287 g/mol. The fourth-order valence-corrected chi connectivity index (χ4v) is 3.07. The zero-order chi connectivity index (χ0) is 13.3. The summed E-state index contributed by atoms with van der Waals surface area (Å²) in [7, 11) is -3.76. The van der Waals surface area contributed by atoms with Gasteiger partial charge in [0, 0.05) is 12.4 Å². The molecule has 6 nitrogen and oxygen atoms in total. The van der Waals surface area contributed by atoms with Gasteiger partial charge in [-0.2, -0.15) is 5.10 Å². The summed E-state index contributed by atoms with van der Waals surface area (Å²) >= 11 is 5.85. The molecule has 0 aliphatic heterocycles. The van der Waals surface area contributed by atoms with Crippen LogP contribution in [0.15, 0.2) is 23.4 Å². The van der Waals surface area contributed by atoms with Crippen LogP contribution in [0.25, 0.3) is 0 Å². The topological polar surface area (TPSA) is 87.7 Å². The molecule has 0 bridgehead atoms. The fourth-order valence-electron chi connectivity index (χ4n) is 1.45. The number of H-pyrrole nitrogens is 1. The van der Waals surface area contributed by atoms with Crippen molar-refractivity contribution < 1.29 is 8.42 Å². The van der Waals surface area contributed by atoms with E-state index in [1.165, 1.54) is 18.5 Å². The van der Waals surface area contributed by atoms with Crippen molar-refractivity contribution in [3.05, 3.63) is 34.9 Å². The normalized spacial score (nSPS) is 11.5. The third-order valence-corrected chi connectivity index (χ3v) is 4.21. The number of anilines is 1. The maximum Gasteiger partial charge on any atom is 0.265 e. The lowest BCUT2D eigenvalue weighted by molar-refractivity contribution is 0.601. The van der Waals surface area contributed by atoms with Gasteiger partial charge in [0.05, 0.1) is 22.1 Å². The monoisotopic (exact) mass is 286 g/mol. The van der Waals surface area contributed by atoms with Gasteiger partial charge in [-0.3, -0.25) is 14.8 Å². The van der Waals surface area contributed by atoms with Crippen LogP contribution in [0.3, 0.4) is 0 Å². The standard InChI is InChI=1S/C10H11ClN4O2S/c1-6-10(7(2)14-13-6)15-18(16,17)9-5-12-4-3-8(9)11/h3-5,15H,1-2H3,(H,13,14). The minimum absolute atomic E-state index is 0.0633. The molecule has 0 spiro atoms. The number of hydrogen-bond donors (Lipinski definition) is 2. The van der Waals surface area contributed by atoms with Crippen molar-refractivity contribution in [1.82, 2.24) is 15.2 Å². The Morgan fingerprint density at radius 1 is 1.39 bits per heavy atom. The highest BCUT2D eigenvalue weighted by Crippen LogP contribution is 2.24. The Morgan fingerprint density at radius 2 is 2.11 bits per heavy atom. The summed E-state index contributed by atoms with van der Waals surface area (Å²) in [6, 6.07) is 1.42. The molecule has 0 radical (unpaired) electrons. The van der Waals surface area contributed by atoms with E-state index in [1.807, 2.05) is 0 Å². The molecule has 18 heavy (non-hydrogen) atoms. The molecule has 0 aromatic carbocycles. The summed E-state index contributed by atoms with van der Waals surface area (Å²) in [4.78, 5) is 3.70. The molecule has 0 unspecified atom stereocenters. The lowest BCUT2D eigenvalue weighted by atomic mass is 10.3. The molecular formula is C10H11ClN4O2S. The SMILES string of the molecule is Cc1n[nH]c(C)c1NS(=O)(=O)c1cnccc1Cl. The van der Waals surface area contributed by atoms with E-state index in [4.69, 9.17) is 11.6 Å². The summed E-state index contributed by atoms with van der Waals surface area (Å²) in [5, 5.41) is 6.74. The summed E-state index contributed by atoms with van der Waals surface area (Å²) in [5.74, 6) is 0. The van der Waals surface area contributed by atoms with Crippen LogP contribution in [0.2, 0.25) is 5.02 Å². The number of nitrogens with zero attached hydrogens (tertiary/aromatic N) is 2. The second kappa shape index (κ2) is 4.58. The highest BCUT2D eigenvalue weighted by molar-refractivity contribution is 7.92. The first-order chi connectivity index (χ1) is 8.42. The number of aromatic nitrogens is 3. The van der Waals surface area contributed by atoms with Crippen molar-refractivity contribution in [3.63, 3.8) is 0 Å². The molecule has 2 rings (SSSR count). The van der Waals surface area contributed by atoms with Crippen LogP contribution >= 0.6 is 11.6 Å². The van der Waals surface area contributed by atoms with Gasteiger partial charge in [-0.1, -0.05) is 11.6 Å². The number of nitrogens with one attached hydrogen (secondary N) is 2. The van der Waals surface area contributed by atoms with Gasteiger partial charge in [0.25, 0.3) is 10.0 Å². The van der Waals surface area contributed by atoms with Crippen LogP contribution in [0.4, 0.5) is 5.69 Å². The number of aromatic amines is 1. The van der Waals surface area contributed by atoms with Crippen LogP contribution in [0.1, 0.15) is 11.4 Å². The largest absolute Gasteiger partial charge is 0.280 e. The molecule has 0 saturated heterocycles. The van der Waals surface area contributed by atoms with Gasteiger partial charge in [0.1, 0.15) is 4.90 Å². The summed E-state index contributed by atoms with van der Waals surface area (Å²) < 4.78 is 26.7. The van der Waals surface area contributed by atoms with Crippen molar-refractivity contribution in [2.75, 3.05) is 4.72 Å². The Balaban J connectivity index is 2.43. The average Bonchev–Trinajstić information content (AvgIpc) is 2.61. The lowest BCUT2D eigenvalue weighted by Gasteiger charge is -2.08. The van der Waals surface area contributed by atoms with E-state index in [9.17, 15) is 8.42 Å². The highest BCUT2D eigenvalue weighted by Gasteiger charge is 2.20. The maximum atomic E-state index is 12.1. The molecule has 96 valence electrons. The van der Waals surface area contributed by atoms with E-state index in [-0.39, 0.29) is 9.92 Å². The number of sulfonamides is 1. The van der Waals surface area contributed by atoms with E-state index in [0.29, 0.717) is 17.1 Å². The summed E-state index contributed by atoms with van der Waals surface area (Å²) in [6.07, 6.45) is 2.63. The zero-order valence-corrected chi connectivity index (χ0v) is 11.3. The number of aryl methyl sites for hydroxylation is 2. The third kappa shape index (κ3) is 2.32. The van der Waals surface area contributed by atoms with Gasteiger partial charge >= 0.3 is 0 Å². The molecule has 2 aromatic rings. The van der Waals surface area contributed by atoms with Crippen molar-refractivity contribution in [2.45, 2.75) is 18.7 Å². The predicted octanol–water partition coefficient (Wildman–Crippen LogP) is 1.88. The van der Waals surface area contributed by atoms with Gasteiger partial charge in [-0.15, -0.1) is 0 Å². The fraction of sp³-hybridized carbons (Fsp3) is 0.200. The smallest absolute Gasteiger partial charge is 0.265 e. The number of hydrogen-bond acceptors (Lipinski definition) is 4. The second-order valence-corrected chi connectivity index (χ2v) is 5.78. The minimum Gasteiger partial charge on any atom is -0.280 e. The first-order valence-corrected chi connectivity index (χ1v) is 6.92.